The highest BCUT2D eigenvalue weighted by Crippen LogP contribution is 2.34. The largest absolute Gasteiger partial charge is 0.433 e. The summed E-state index contributed by atoms with van der Waals surface area (Å²) in [6.07, 6.45) is -3.04. The number of amides is 1. The molecule has 1 amide bonds. The number of hydrogen-bond acceptors (Lipinski definition) is 3. The molecule has 3 rings (SSSR count). The lowest BCUT2D eigenvalue weighted by Crippen LogP contribution is -2.28. The van der Waals surface area contributed by atoms with Gasteiger partial charge in [-0.2, -0.15) is 18.3 Å². The summed E-state index contributed by atoms with van der Waals surface area (Å²) in [7, 11) is 0.500. The highest BCUT2D eigenvalue weighted by molar-refractivity contribution is 5.92. The van der Waals surface area contributed by atoms with Gasteiger partial charge in [0.15, 0.2) is 5.82 Å². The number of rotatable bonds is 4. The second-order valence-electron chi connectivity index (χ2n) is 6.00. The highest BCUT2D eigenvalue weighted by atomic mass is 19.4. The van der Waals surface area contributed by atoms with Crippen molar-refractivity contribution < 1.29 is 26.7 Å². The molecule has 10 heteroatoms. The average molecular weight is 402 g/mol. The third-order valence-corrected chi connectivity index (χ3v) is 4.27. The smallest absolute Gasteiger partial charge is 0.344 e. The van der Waals surface area contributed by atoms with Crippen molar-refractivity contribution in [1.29, 1.82) is 0 Å². The molecule has 28 heavy (non-hydrogen) atoms. The minimum Gasteiger partial charge on any atom is -0.344 e. The van der Waals surface area contributed by atoms with Crippen molar-refractivity contribution in [2.75, 3.05) is 7.18 Å². The molecule has 1 atom stereocenters. The van der Waals surface area contributed by atoms with Crippen LogP contribution in [-0.4, -0.2) is 27.8 Å². The third-order valence-electron chi connectivity index (χ3n) is 4.27. The zero-order valence-electron chi connectivity index (χ0n) is 15.3. The van der Waals surface area contributed by atoms with E-state index < -0.39 is 17.7 Å². The van der Waals surface area contributed by atoms with E-state index in [1.54, 1.807) is 4.68 Å². The Morgan fingerprint density at radius 1 is 1.36 bits per heavy atom. The fourth-order valence-electron chi connectivity index (χ4n) is 2.78. The lowest BCUT2D eigenvalue weighted by Gasteiger charge is -2.12. The number of halogens is 5. The molecule has 0 saturated carbocycles. The normalized spacial score (nSPS) is 15.5. The minimum atomic E-state index is -4.68. The molecule has 1 N–H and O–H groups in total. The van der Waals surface area contributed by atoms with Crippen LogP contribution in [0, 0.1) is 5.82 Å². The first kappa shape index (κ1) is 21.5. The molecule has 2 aromatic rings. The van der Waals surface area contributed by atoms with Gasteiger partial charge < -0.3 is 5.32 Å². The predicted molar refractivity (Wildman–Crippen MR) is 92.4 cm³/mol. The molecule has 5 nitrogen and oxygen atoms in total. The molecule has 0 aromatic carbocycles. The minimum absolute atomic E-state index is 0.0682. The monoisotopic (exact) mass is 402 g/mol. The van der Waals surface area contributed by atoms with Crippen LogP contribution in [-0.2, 0) is 17.5 Å². The summed E-state index contributed by atoms with van der Waals surface area (Å²) in [6.45, 7) is 5.95. The molecule has 2 aromatic heterocycles. The molecule has 152 valence electrons. The van der Waals surface area contributed by atoms with E-state index in [0.29, 0.717) is 50.1 Å². The second kappa shape index (κ2) is 8.49. The van der Waals surface area contributed by atoms with Crippen LogP contribution in [0.5, 0.6) is 0 Å². The number of hydrogen-bond donors (Lipinski definition) is 1. The number of alkyl halides is 4. The second-order valence-corrected chi connectivity index (χ2v) is 6.00. The van der Waals surface area contributed by atoms with E-state index in [9.17, 15) is 26.7 Å². The van der Waals surface area contributed by atoms with Gasteiger partial charge in [-0.05, 0) is 25.0 Å². The van der Waals surface area contributed by atoms with Gasteiger partial charge in [-0.3, -0.25) is 13.9 Å². The molecular formula is C18H19F5N4O. The molecule has 3 heterocycles. The Hall–Kier alpha value is -2.78. The van der Waals surface area contributed by atoms with Gasteiger partial charge in [-0.15, -0.1) is 0 Å². The summed E-state index contributed by atoms with van der Waals surface area (Å²) in [5.41, 5.74) is -0.359. The summed E-state index contributed by atoms with van der Waals surface area (Å²) < 4.78 is 63.5. The van der Waals surface area contributed by atoms with E-state index in [4.69, 9.17) is 0 Å². The Balaban J connectivity index is 0.00000136. The number of nitrogens with zero attached hydrogens (tertiary/aromatic N) is 3. The summed E-state index contributed by atoms with van der Waals surface area (Å²) >= 11 is 0. The number of nitrogens with one attached hydrogen (secondary N) is 1. The lowest BCUT2D eigenvalue weighted by atomic mass is 10.1. The lowest BCUT2D eigenvalue weighted by molar-refractivity contribution is -0.141. The van der Waals surface area contributed by atoms with Gasteiger partial charge in [-0.1, -0.05) is 13.5 Å². The number of aromatic nitrogens is 3. The predicted octanol–water partition coefficient (Wildman–Crippen LogP) is 4.22. The van der Waals surface area contributed by atoms with Crippen LogP contribution in [0.15, 0.2) is 30.5 Å². The van der Waals surface area contributed by atoms with E-state index >= 15 is 0 Å². The topological polar surface area (TPSA) is 59.8 Å². The zero-order valence-corrected chi connectivity index (χ0v) is 15.3. The number of carbonyl (C=O) groups excluding carboxylic acids is 1. The van der Waals surface area contributed by atoms with Crippen LogP contribution in [0.1, 0.15) is 37.2 Å². The van der Waals surface area contributed by atoms with E-state index in [0.717, 1.165) is 0 Å². The van der Waals surface area contributed by atoms with Crippen molar-refractivity contribution in [2.24, 2.45) is 0 Å². The fourth-order valence-corrected chi connectivity index (χ4v) is 2.78. The van der Waals surface area contributed by atoms with Gasteiger partial charge in [0.05, 0.1) is 30.8 Å². The van der Waals surface area contributed by atoms with Gasteiger partial charge in [0.2, 0.25) is 5.91 Å². The number of fused-ring (bicyclic) bond motifs is 1. The van der Waals surface area contributed by atoms with Gasteiger partial charge in [-0.25, -0.2) is 9.37 Å². The van der Waals surface area contributed by atoms with E-state index in [1.165, 1.54) is 6.07 Å². The molecule has 0 saturated heterocycles. The summed E-state index contributed by atoms with van der Waals surface area (Å²) in [4.78, 5) is 15.1. The molecule has 1 aliphatic rings. The Bertz CT molecular complexity index is 875. The Kier molecular flexibility index (Phi) is 6.52. The fraction of sp³-hybridized carbons (Fsp3) is 0.389. The average Bonchev–Trinajstić information content (AvgIpc) is 3.24. The molecule has 1 unspecified atom stereocenters. The van der Waals surface area contributed by atoms with Crippen molar-refractivity contribution in [2.45, 2.75) is 38.5 Å². The van der Waals surface area contributed by atoms with Crippen molar-refractivity contribution in [1.82, 2.24) is 20.1 Å². The third kappa shape index (κ3) is 4.37. The number of pyridine rings is 1. The van der Waals surface area contributed by atoms with Crippen molar-refractivity contribution >= 4 is 5.91 Å². The summed E-state index contributed by atoms with van der Waals surface area (Å²) in [5, 5.41) is 6.99. The first-order chi connectivity index (χ1) is 13.2. The zero-order chi connectivity index (χ0) is 21.1. The maximum Gasteiger partial charge on any atom is 0.433 e. The molecule has 0 radical (unpaired) electrons. The number of carbonyl (C=O) groups is 1. The van der Waals surface area contributed by atoms with Crippen LogP contribution in [0.25, 0.3) is 11.3 Å². The van der Waals surface area contributed by atoms with Crippen LogP contribution in [0.3, 0.4) is 0 Å². The van der Waals surface area contributed by atoms with Gasteiger partial charge >= 0.3 is 6.18 Å². The van der Waals surface area contributed by atoms with Crippen LogP contribution in [0.4, 0.5) is 22.0 Å². The van der Waals surface area contributed by atoms with Crippen molar-refractivity contribution in [3.8, 4) is 11.3 Å². The first-order valence-electron chi connectivity index (χ1n) is 8.38. The molecule has 0 spiro atoms. The molecule has 0 bridgehead atoms. The molecule has 0 aliphatic carbocycles. The van der Waals surface area contributed by atoms with E-state index in [2.05, 4.69) is 22.0 Å². The first-order valence-corrected chi connectivity index (χ1v) is 8.38. The Labute approximate surface area is 158 Å². The van der Waals surface area contributed by atoms with Crippen LogP contribution in [0.2, 0.25) is 0 Å². The summed E-state index contributed by atoms with van der Waals surface area (Å²) in [5.74, 6) is -1.18. The summed E-state index contributed by atoms with van der Waals surface area (Å²) in [6, 6.07) is 1.78. The standard InChI is InChI=1S/C17H16F4N4O.CH3F/c1-3-9(2)16(26)23-12-4-5-25-14(12)7-13(24-25)10-6-15(17(19,20)21)22-8-11(10)18;1-2/h6-8,12H,2-5H2,1H3,(H,23,26);1H3. The maximum atomic E-state index is 14.0. The molecule has 0 fully saturated rings. The maximum absolute atomic E-state index is 14.0. The quantitative estimate of drug-likeness (QED) is 0.616. The van der Waals surface area contributed by atoms with Crippen molar-refractivity contribution in [3.63, 3.8) is 0 Å². The highest BCUT2D eigenvalue weighted by Gasteiger charge is 2.34. The van der Waals surface area contributed by atoms with Gasteiger partial charge in [0.25, 0.3) is 0 Å². The number of aryl methyl sites for hydroxylation is 1. The van der Waals surface area contributed by atoms with Crippen LogP contribution >= 0.6 is 0 Å². The van der Waals surface area contributed by atoms with Crippen LogP contribution < -0.4 is 5.32 Å². The molecular weight excluding hydrogens is 383 g/mol. The molecule has 1 aliphatic heterocycles. The van der Waals surface area contributed by atoms with Crippen molar-refractivity contribution in [3.05, 3.63) is 47.7 Å². The Morgan fingerprint density at radius 2 is 2.04 bits per heavy atom. The van der Waals surface area contributed by atoms with Gasteiger partial charge in [0.1, 0.15) is 5.69 Å². The SMILES string of the molecule is C=C(CC)C(=O)NC1CCn2nc(-c3cc(C(F)(F)F)ncc3F)cc21.CF. The van der Waals surface area contributed by atoms with E-state index in [-0.39, 0.29) is 23.2 Å². The van der Waals surface area contributed by atoms with Gasteiger partial charge in [0, 0.05) is 17.7 Å². The van der Waals surface area contributed by atoms with E-state index in [1.807, 2.05) is 6.92 Å². The Morgan fingerprint density at radius 3 is 2.64 bits per heavy atom.